The molecule has 0 saturated heterocycles. The number of aliphatic carboxylic acids is 1. The van der Waals surface area contributed by atoms with E-state index in [1.165, 1.54) is 0 Å². The molecule has 34 heavy (non-hydrogen) atoms. The van der Waals surface area contributed by atoms with Crippen LogP contribution in [0.5, 0.6) is 0 Å². The molecule has 1 aliphatic heterocycles. The summed E-state index contributed by atoms with van der Waals surface area (Å²) >= 11 is 12.0. The molecule has 1 unspecified atom stereocenters. The van der Waals surface area contributed by atoms with Crippen molar-refractivity contribution in [3.8, 4) is 11.1 Å². The summed E-state index contributed by atoms with van der Waals surface area (Å²) in [5.41, 5.74) is 2.97. The number of rotatable bonds is 6. The third kappa shape index (κ3) is 4.93. The van der Waals surface area contributed by atoms with Gasteiger partial charge in [-0.2, -0.15) is 13.9 Å². The number of benzene rings is 2. The Morgan fingerprint density at radius 1 is 1.00 bits per heavy atom. The monoisotopic (exact) mass is 503 g/mol. The smallest absolute Gasteiger partial charge is 0.337 e. The van der Waals surface area contributed by atoms with E-state index in [-0.39, 0.29) is 6.42 Å². The summed E-state index contributed by atoms with van der Waals surface area (Å²) in [5.74, 6) is -7.62. The molecule has 1 amide bonds. The van der Waals surface area contributed by atoms with Gasteiger partial charge in [0.2, 0.25) is 0 Å². The van der Waals surface area contributed by atoms with E-state index < -0.39 is 30.3 Å². The van der Waals surface area contributed by atoms with Gasteiger partial charge in [-0.3, -0.25) is 14.6 Å². The fourth-order valence-corrected chi connectivity index (χ4v) is 4.00. The molecule has 1 atom stereocenters. The molecular formula is C24H17Cl2F2N3O3. The molecule has 0 spiro atoms. The lowest BCUT2D eigenvalue weighted by atomic mass is 9.94. The minimum absolute atomic E-state index is 0.114. The van der Waals surface area contributed by atoms with Crippen LogP contribution in [0.4, 0.5) is 8.78 Å². The lowest BCUT2D eigenvalue weighted by Crippen LogP contribution is -2.42. The molecule has 0 fully saturated rings. The van der Waals surface area contributed by atoms with Gasteiger partial charge >= 0.3 is 17.8 Å². The van der Waals surface area contributed by atoms with Gasteiger partial charge in [-0.05, 0) is 47.0 Å². The van der Waals surface area contributed by atoms with Gasteiger partial charge in [0.15, 0.2) is 0 Å². The van der Waals surface area contributed by atoms with Crippen LogP contribution in [0.15, 0.2) is 72.1 Å². The van der Waals surface area contributed by atoms with Crippen LogP contribution in [0.3, 0.4) is 0 Å². The van der Waals surface area contributed by atoms with E-state index in [1.807, 2.05) is 0 Å². The van der Waals surface area contributed by atoms with Crippen LogP contribution in [0.1, 0.15) is 30.0 Å². The number of amides is 1. The highest BCUT2D eigenvalue weighted by atomic mass is 35.5. The van der Waals surface area contributed by atoms with Crippen molar-refractivity contribution in [2.45, 2.75) is 24.8 Å². The SMILES string of the molecule is O=C(O)CC(F)(F)C(=O)N1N=C(c2cnccc2-c2ccc(Cl)cc2)CC1c1ccc(Cl)cc1. The zero-order chi connectivity index (χ0) is 24.5. The number of carbonyl (C=O) groups excluding carboxylic acids is 1. The number of nitrogens with zero attached hydrogens (tertiary/aromatic N) is 3. The topological polar surface area (TPSA) is 82.9 Å². The molecule has 0 bridgehead atoms. The van der Waals surface area contributed by atoms with Gasteiger partial charge in [0.05, 0.1) is 11.8 Å². The van der Waals surface area contributed by atoms with Crippen molar-refractivity contribution >= 4 is 40.8 Å². The zero-order valence-corrected chi connectivity index (χ0v) is 19.0. The number of alkyl halides is 2. The van der Waals surface area contributed by atoms with Crippen molar-refractivity contribution < 1.29 is 23.5 Å². The highest BCUT2D eigenvalue weighted by Gasteiger charge is 2.48. The van der Waals surface area contributed by atoms with Crippen LogP contribution in [-0.2, 0) is 9.59 Å². The van der Waals surface area contributed by atoms with E-state index >= 15 is 0 Å². The maximum atomic E-state index is 14.5. The quantitative estimate of drug-likeness (QED) is 0.457. The predicted molar refractivity (Wildman–Crippen MR) is 124 cm³/mol. The standard InChI is InChI=1S/C24H17Cl2F2N3O3/c25-16-5-1-14(2-6-16)18-9-10-29-13-19(18)20-11-21(15-3-7-17(26)8-4-15)31(30-20)23(34)24(27,28)12-22(32)33/h1-10,13,21H,11-12H2,(H,32,33). The molecule has 0 aliphatic carbocycles. The Bertz CT molecular complexity index is 1270. The van der Waals surface area contributed by atoms with Gasteiger partial charge in [-0.1, -0.05) is 47.5 Å². The minimum Gasteiger partial charge on any atom is -0.481 e. The lowest BCUT2D eigenvalue weighted by molar-refractivity contribution is -0.167. The molecule has 174 valence electrons. The van der Waals surface area contributed by atoms with Crippen LogP contribution in [0.25, 0.3) is 11.1 Å². The van der Waals surface area contributed by atoms with Crippen molar-refractivity contribution in [1.82, 2.24) is 9.99 Å². The second-order valence-electron chi connectivity index (χ2n) is 7.67. The van der Waals surface area contributed by atoms with Crippen LogP contribution < -0.4 is 0 Å². The Labute approximate surface area is 203 Å². The summed E-state index contributed by atoms with van der Waals surface area (Å²) in [4.78, 5) is 27.8. The number of hydrazone groups is 1. The number of carboxylic acids is 1. The van der Waals surface area contributed by atoms with E-state index in [4.69, 9.17) is 28.3 Å². The summed E-state index contributed by atoms with van der Waals surface area (Å²) in [5, 5.41) is 14.8. The van der Waals surface area contributed by atoms with Gasteiger partial charge in [-0.15, -0.1) is 0 Å². The third-order valence-corrected chi connectivity index (χ3v) is 5.85. The van der Waals surface area contributed by atoms with Crippen molar-refractivity contribution in [2.24, 2.45) is 5.10 Å². The molecule has 1 N–H and O–H groups in total. The van der Waals surface area contributed by atoms with Crippen molar-refractivity contribution in [1.29, 1.82) is 0 Å². The summed E-state index contributed by atoms with van der Waals surface area (Å²) in [6, 6.07) is 14.3. The molecule has 10 heteroatoms. The van der Waals surface area contributed by atoms with Crippen molar-refractivity contribution in [3.05, 3.63) is 88.2 Å². The molecule has 0 radical (unpaired) electrons. The average molecular weight is 504 g/mol. The Morgan fingerprint density at radius 2 is 1.62 bits per heavy atom. The second kappa shape index (κ2) is 9.48. The Morgan fingerprint density at radius 3 is 2.24 bits per heavy atom. The van der Waals surface area contributed by atoms with E-state index in [0.717, 1.165) is 11.1 Å². The molecule has 0 saturated carbocycles. The fraction of sp³-hybridized carbons (Fsp3) is 0.167. The Hall–Kier alpha value is -3.36. The van der Waals surface area contributed by atoms with Crippen LogP contribution >= 0.6 is 23.2 Å². The summed E-state index contributed by atoms with van der Waals surface area (Å²) in [6.07, 6.45) is 1.61. The normalized spacial score (nSPS) is 15.8. The number of carbonyl (C=O) groups is 2. The van der Waals surface area contributed by atoms with Gasteiger partial charge in [0, 0.05) is 34.4 Å². The zero-order valence-electron chi connectivity index (χ0n) is 17.5. The second-order valence-corrected chi connectivity index (χ2v) is 8.54. The van der Waals surface area contributed by atoms with Gasteiger partial charge in [-0.25, -0.2) is 5.01 Å². The summed E-state index contributed by atoms with van der Waals surface area (Å²) in [6.45, 7) is 0. The first kappa shape index (κ1) is 23.8. The lowest BCUT2D eigenvalue weighted by Gasteiger charge is -2.25. The van der Waals surface area contributed by atoms with Gasteiger partial charge in [0.1, 0.15) is 6.42 Å². The van der Waals surface area contributed by atoms with Crippen molar-refractivity contribution in [3.63, 3.8) is 0 Å². The summed E-state index contributed by atoms with van der Waals surface area (Å²) < 4.78 is 29.0. The molecule has 4 rings (SSSR count). The molecule has 3 aromatic rings. The van der Waals surface area contributed by atoms with Crippen molar-refractivity contribution in [2.75, 3.05) is 0 Å². The number of hydrogen-bond acceptors (Lipinski definition) is 4. The Balaban J connectivity index is 1.78. The third-order valence-electron chi connectivity index (χ3n) is 5.35. The highest BCUT2D eigenvalue weighted by Crippen LogP contribution is 2.38. The average Bonchev–Trinajstić information content (AvgIpc) is 3.24. The molecular weight excluding hydrogens is 487 g/mol. The van der Waals surface area contributed by atoms with Gasteiger partial charge in [0.25, 0.3) is 0 Å². The molecule has 1 aromatic heterocycles. The van der Waals surface area contributed by atoms with E-state index in [2.05, 4.69) is 10.1 Å². The molecule has 6 nitrogen and oxygen atoms in total. The molecule has 2 aromatic carbocycles. The number of aromatic nitrogens is 1. The Kier molecular flexibility index (Phi) is 6.63. The minimum atomic E-state index is -4.14. The number of halogens is 4. The summed E-state index contributed by atoms with van der Waals surface area (Å²) in [7, 11) is 0. The van der Waals surface area contributed by atoms with E-state index in [1.54, 1.807) is 67.0 Å². The first-order valence-electron chi connectivity index (χ1n) is 10.1. The van der Waals surface area contributed by atoms with Crippen LogP contribution in [0, 0.1) is 0 Å². The number of carboxylic acid groups (broad SMARTS) is 1. The van der Waals surface area contributed by atoms with Crippen LogP contribution in [0.2, 0.25) is 10.0 Å². The van der Waals surface area contributed by atoms with E-state index in [0.29, 0.717) is 31.9 Å². The highest BCUT2D eigenvalue weighted by molar-refractivity contribution is 6.30. The largest absolute Gasteiger partial charge is 0.481 e. The first-order chi connectivity index (χ1) is 16.2. The van der Waals surface area contributed by atoms with E-state index in [9.17, 15) is 18.4 Å². The number of pyridine rings is 1. The molecule has 2 heterocycles. The van der Waals surface area contributed by atoms with Gasteiger partial charge < -0.3 is 5.11 Å². The maximum Gasteiger partial charge on any atom is 0.337 e. The number of hydrogen-bond donors (Lipinski definition) is 1. The molecule has 1 aliphatic rings. The first-order valence-corrected chi connectivity index (χ1v) is 10.9. The predicted octanol–water partition coefficient (Wildman–Crippen LogP) is 5.84. The fourth-order valence-electron chi connectivity index (χ4n) is 3.74. The van der Waals surface area contributed by atoms with Crippen LogP contribution in [-0.4, -0.2) is 38.6 Å². The maximum absolute atomic E-state index is 14.5.